The number of aryl methyl sites for hydroxylation is 1. The summed E-state index contributed by atoms with van der Waals surface area (Å²) >= 11 is 0. The van der Waals surface area contributed by atoms with Crippen molar-refractivity contribution >= 4 is 11.9 Å². The molecule has 0 radical (unpaired) electrons. The monoisotopic (exact) mass is 343 g/mol. The van der Waals surface area contributed by atoms with Crippen molar-refractivity contribution in [2.45, 2.75) is 18.9 Å². The minimum Gasteiger partial charge on any atom is -0.497 e. The SMILES string of the molecule is COc1cc(CCC(=O)N[C@H](C(=O)O)c2ccccc2)cc(OC)c1. The van der Waals surface area contributed by atoms with Crippen LogP contribution in [0.25, 0.3) is 0 Å². The number of carboxylic acids is 1. The van der Waals surface area contributed by atoms with Crippen molar-refractivity contribution in [2.24, 2.45) is 0 Å². The molecule has 0 aliphatic heterocycles. The lowest BCUT2D eigenvalue weighted by atomic mass is 10.1. The van der Waals surface area contributed by atoms with Crippen LogP contribution >= 0.6 is 0 Å². The van der Waals surface area contributed by atoms with E-state index in [9.17, 15) is 14.7 Å². The lowest BCUT2D eigenvalue weighted by molar-refractivity contribution is -0.142. The Morgan fingerprint density at radius 3 is 2.16 bits per heavy atom. The fourth-order valence-corrected chi connectivity index (χ4v) is 2.43. The summed E-state index contributed by atoms with van der Waals surface area (Å²) in [7, 11) is 3.12. The van der Waals surface area contributed by atoms with E-state index in [0.29, 0.717) is 23.5 Å². The number of ether oxygens (including phenoxy) is 2. The molecular weight excluding hydrogens is 322 g/mol. The Bertz CT molecular complexity index is 708. The Hall–Kier alpha value is -3.02. The molecule has 25 heavy (non-hydrogen) atoms. The van der Waals surface area contributed by atoms with Gasteiger partial charge in [0, 0.05) is 12.5 Å². The number of benzene rings is 2. The van der Waals surface area contributed by atoms with Crippen molar-refractivity contribution in [3.8, 4) is 11.5 Å². The van der Waals surface area contributed by atoms with Gasteiger partial charge in [-0.1, -0.05) is 30.3 Å². The number of carbonyl (C=O) groups excluding carboxylic acids is 1. The Morgan fingerprint density at radius 1 is 1.04 bits per heavy atom. The number of rotatable bonds is 8. The third kappa shape index (κ3) is 5.24. The van der Waals surface area contributed by atoms with Gasteiger partial charge in [-0.2, -0.15) is 0 Å². The van der Waals surface area contributed by atoms with Crippen molar-refractivity contribution in [2.75, 3.05) is 14.2 Å². The zero-order valence-corrected chi connectivity index (χ0v) is 14.2. The van der Waals surface area contributed by atoms with Gasteiger partial charge < -0.3 is 19.9 Å². The highest BCUT2D eigenvalue weighted by Gasteiger charge is 2.21. The van der Waals surface area contributed by atoms with Gasteiger partial charge in [-0.15, -0.1) is 0 Å². The van der Waals surface area contributed by atoms with Crippen LogP contribution in [-0.2, 0) is 16.0 Å². The molecule has 0 aliphatic rings. The van der Waals surface area contributed by atoms with Gasteiger partial charge in [-0.3, -0.25) is 4.79 Å². The van der Waals surface area contributed by atoms with E-state index in [2.05, 4.69) is 5.32 Å². The number of hydrogen-bond acceptors (Lipinski definition) is 4. The molecule has 132 valence electrons. The molecule has 6 heteroatoms. The van der Waals surface area contributed by atoms with Crippen LogP contribution in [0.3, 0.4) is 0 Å². The van der Waals surface area contributed by atoms with Crippen LogP contribution in [-0.4, -0.2) is 31.2 Å². The van der Waals surface area contributed by atoms with Crippen LogP contribution in [0.15, 0.2) is 48.5 Å². The van der Waals surface area contributed by atoms with Crippen LogP contribution in [0.4, 0.5) is 0 Å². The van der Waals surface area contributed by atoms with E-state index < -0.39 is 12.0 Å². The summed E-state index contributed by atoms with van der Waals surface area (Å²) in [6, 6.07) is 12.9. The predicted octanol–water partition coefficient (Wildman–Crippen LogP) is 2.58. The molecule has 0 aromatic heterocycles. The molecule has 1 amide bonds. The average Bonchev–Trinajstić information content (AvgIpc) is 2.64. The van der Waals surface area contributed by atoms with Crippen LogP contribution in [0.1, 0.15) is 23.6 Å². The van der Waals surface area contributed by atoms with Crippen LogP contribution in [0, 0.1) is 0 Å². The van der Waals surface area contributed by atoms with Crippen molar-refractivity contribution in [1.82, 2.24) is 5.32 Å². The van der Waals surface area contributed by atoms with Crippen LogP contribution in [0.2, 0.25) is 0 Å². The van der Waals surface area contributed by atoms with Gasteiger partial charge in [0.25, 0.3) is 0 Å². The van der Waals surface area contributed by atoms with Crippen molar-refractivity contribution in [3.63, 3.8) is 0 Å². The molecule has 0 bridgehead atoms. The number of carbonyl (C=O) groups is 2. The van der Waals surface area contributed by atoms with Crippen LogP contribution in [0.5, 0.6) is 11.5 Å². The zero-order chi connectivity index (χ0) is 18.2. The second-order valence-corrected chi connectivity index (χ2v) is 5.47. The largest absolute Gasteiger partial charge is 0.497 e. The minimum absolute atomic E-state index is 0.160. The first-order chi connectivity index (χ1) is 12.0. The highest BCUT2D eigenvalue weighted by atomic mass is 16.5. The number of methoxy groups -OCH3 is 2. The summed E-state index contributed by atoms with van der Waals surface area (Å²) in [5.74, 6) is -0.148. The fraction of sp³-hybridized carbons (Fsp3) is 0.263. The molecule has 2 aromatic carbocycles. The molecule has 0 spiro atoms. The molecule has 6 nitrogen and oxygen atoms in total. The minimum atomic E-state index is -1.09. The third-order valence-corrected chi connectivity index (χ3v) is 3.74. The summed E-state index contributed by atoms with van der Waals surface area (Å²) in [6.45, 7) is 0. The van der Waals surface area contributed by atoms with Crippen molar-refractivity contribution in [3.05, 3.63) is 59.7 Å². The standard InChI is InChI=1S/C19H21NO5/c1-24-15-10-13(11-16(12-15)25-2)8-9-17(21)20-18(19(22)23)14-6-4-3-5-7-14/h3-7,10-12,18H,8-9H2,1-2H3,(H,20,21)(H,22,23)/t18-/m0/s1. The fourth-order valence-electron chi connectivity index (χ4n) is 2.43. The summed E-state index contributed by atoms with van der Waals surface area (Å²) < 4.78 is 10.4. The molecule has 0 saturated heterocycles. The summed E-state index contributed by atoms with van der Waals surface area (Å²) in [6.07, 6.45) is 0.605. The van der Waals surface area contributed by atoms with E-state index in [0.717, 1.165) is 5.56 Å². The number of carboxylic acid groups (broad SMARTS) is 1. The maximum absolute atomic E-state index is 12.2. The normalized spacial score (nSPS) is 11.4. The first kappa shape index (κ1) is 18.3. The van der Waals surface area contributed by atoms with Gasteiger partial charge in [-0.25, -0.2) is 4.79 Å². The Balaban J connectivity index is 2.01. The van der Waals surface area contributed by atoms with Gasteiger partial charge in [0.05, 0.1) is 14.2 Å². The van der Waals surface area contributed by atoms with E-state index in [1.807, 2.05) is 12.1 Å². The summed E-state index contributed by atoms with van der Waals surface area (Å²) in [5, 5.41) is 11.9. The number of hydrogen-bond donors (Lipinski definition) is 2. The molecule has 0 unspecified atom stereocenters. The van der Waals surface area contributed by atoms with Gasteiger partial charge in [0.2, 0.25) is 5.91 Å². The molecule has 2 rings (SSSR count). The smallest absolute Gasteiger partial charge is 0.330 e. The van der Waals surface area contributed by atoms with Crippen LogP contribution < -0.4 is 14.8 Å². The highest BCUT2D eigenvalue weighted by Crippen LogP contribution is 2.23. The summed E-state index contributed by atoms with van der Waals surface area (Å²) in [4.78, 5) is 23.6. The number of nitrogens with one attached hydrogen (secondary N) is 1. The van der Waals surface area contributed by atoms with E-state index in [-0.39, 0.29) is 12.3 Å². The lowest BCUT2D eigenvalue weighted by Crippen LogP contribution is -2.33. The first-order valence-corrected chi connectivity index (χ1v) is 7.82. The van der Waals surface area contributed by atoms with Crippen molar-refractivity contribution in [1.29, 1.82) is 0 Å². The quantitative estimate of drug-likeness (QED) is 0.769. The molecular formula is C19H21NO5. The van der Waals surface area contributed by atoms with E-state index >= 15 is 0 Å². The van der Waals surface area contributed by atoms with Gasteiger partial charge >= 0.3 is 5.97 Å². The van der Waals surface area contributed by atoms with Gasteiger partial charge in [0.15, 0.2) is 6.04 Å². The van der Waals surface area contributed by atoms with Gasteiger partial charge in [0.1, 0.15) is 11.5 Å². The Morgan fingerprint density at radius 2 is 1.64 bits per heavy atom. The van der Waals surface area contributed by atoms with E-state index in [1.54, 1.807) is 50.6 Å². The maximum atomic E-state index is 12.2. The molecule has 2 aromatic rings. The lowest BCUT2D eigenvalue weighted by Gasteiger charge is -2.15. The van der Waals surface area contributed by atoms with Crippen molar-refractivity contribution < 1.29 is 24.2 Å². The topological polar surface area (TPSA) is 84.9 Å². The number of amides is 1. The molecule has 0 aliphatic carbocycles. The van der Waals surface area contributed by atoms with Gasteiger partial charge in [-0.05, 0) is 29.7 Å². The maximum Gasteiger partial charge on any atom is 0.330 e. The second-order valence-electron chi connectivity index (χ2n) is 5.47. The molecule has 2 N–H and O–H groups in total. The highest BCUT2D eigenvalue weighted by molar-refractivity contribution is 5.84. The molecule has 1 atom stereocenters. The third-order valence-electron chi connectivity index (χ3n) is 3.74. The zero-order valence-electron chi connectivity index (χ0n) is 14.2. The summed E-state index contributed by atoms with van der Waals surface area (Å²) in [5.41, 5.74) is 1.41. The first-order valence-electron chi connectivity index (χ1n) is 7.82. The predicted molar refractivity (Wildman–Crippen MR) is 92.8 cm³/mol. The second kappa shape index (κ2) is 8.73. The number of aliphatic carboxylic acids is 1. The molecule has 0 saturated carbocycles. The van der Waals surface area contributed by atoms with E-state index in [4.69, 9.17) is 9.47 Å². The Kier molecular flexibility index (Phi) is 6.39. The molecule has 0 fully saturated rings. The molecule has 0 heterocycles. The Labute approximate surface area is 146 Å². The van der Waals surface area contributed by atoms with E-state index in [1.165, 1.54) is 0 Å². The average molecular weight is 343 g/mol.